The monoisotopic (exact) mass is 478 g/mol. The highest BCUT2D eigenvalue weighted by molar-refractivity contribution is 6.24. The molecule has 3 unspecified atom stereocenters. The van der Waals surface area contributed by atoms with Gasteiger partial charge in [0, 0.05) is 5.56 Å². The Morgan fingerprint density at radius 3 is 2.09 bits per heavy atom. The summed E-state index contributed by atoms with van der Waals surface area (Å²) in [6.45, 7) is 0. The Morgan fingerprint density at radius 2 is 1.46 bits per heavy atom. The van der Waals surface area contributed by atoms with Gasteiger partial charge in [0.1, 0.15) is 17.8 Å². The van der Waals surface area contributed by atoms with Crippen LogP contribution in [0.3, 0.4) is 0 Å². The first kappa shape index (κ1) is 22.7. The zero-order chi connectivity index (χ0) is 24.7. The number of methoxy groups -OCH3 is 3. The van der Waals surface area contributed by atoms with E-state index < -0.39 is 35.7 Å². The van der Waals surface area contributed by atoms with Crippen molar-refractivity contribution in [3.05, 3.63) is 78.1 Å². The van der Waals surface area contributed by atoms with E-state index in [2.05, 4.69) is 0 Å². The largest absolute Gasteiger partial charge is 0.493 e. The molecule has 35 heavy (non-hydrogen) atoms. The van der Waals surface area contributed by atoms with Crippen molar-refractivity contribution in [3.63, 3.8) is 0 Å². The summed E-state index contributed by atoms with van der Waals surface area (Å²) in [5, 5.41) is 1.57. The molecule has 2 amide bonds. The number of halogens is 1. The maximum atomic E-state index is 13.7. The van der Waals surface area contributed by atoms with Crippen LogP contribution in [0, 0.1) is 11.7 Å². The lowest BCUT2D eigenvalue weighted by Crippen LogP contribution is -2.37. The van der Waals surface area contributed by atoms with Gasteiger partial charge < -0.3 is 14.2 Å². The Kier molecular flexibility index (Phi) is 5.78. The van der Waals surface area contributed by atoms with E-state index in [0.717, 1.165) is 4.90 Å². The van der Waals surface area contributed by atoms with Crippen molar-refractivity contribution in [1.29, 1.82) is 0 Å². The molecule has 2 saturated heterocycles. The minimum Gasteiger partial charge on any atom is -0.493 e. The molecule has 3 atom stereocenters. The number of fused-ring (bicyclic) bond motifs is 1. The second-order valence-corrected chi connectivity index (χ2v) is 8.07. The normalized spacial score (nSPS) is 21.3. The quantitative estimate of drug-likeness (QED) is 0.498. The molecular weight excluding hydrogens is 455 g/mol. The van der Waals surface area contributed by atoms with Crippen molar-refractivity contribution in [1.82, 2.24) is 0 Å². The topological polar surface area (TPSA) is 77.5 Å². The number of nitrogens with zero attached hydrogens (tertiary/aromatic N) is 2. The highest BCUT2D eigenvalue weighted by Gasteiger charge is 2.61. The molecule has 5 rings (SSSR count). The number of rotatable bonds is 6. The molecule has 0 radical (unpaired) electrons. The SMILES string of the molecule is COc1ccc(C2C3C(=O)N(c4ccc(F)cc4)C(=O)C3ON2c2ccccc2)c(OC)c1OC. The summed E-state index contributed by atoms with van der Waals surface area (Å²) in [4.78, 5) is 34.3. The predicted octanol–water partition coefficient (Wildman–Crippen LogP) is 3.90. The van der Waals surface area contributed by atoms with Crippen molar-refractivity contribution >= 4 is 23.2 Å². The van der Waals surface area contributed by atoms with E-state index in [0.29, 0.717) is 28.5 Å². The van der Waals surface area contributed by atoms with Crippen molar-refractivity contribution in [3.8, 4) is 17.2 Å². The van der Waals surface area contributed by atoms with Crippen LogP contribution >= 0.6 is 0 Å². The van der Waals surface area contributed by atoms with Gasteiger partial charge in [0.05, 0.1) is 32.7 Å². The molecule has 180 valence electrons. The first-order valence-electron chi connectivity index (χ1n) is 10.9. The molecule has 8 nitrogen and oxygen atoms in total. The maximum absolute atomic E-state index is 13.7. The zero-order valence-electron chi connectivity index (χ0n) is 19.3. The molecule has 3 aromatic rings. The average molecular weight is 478 g/mol. The average Bonchev–Trinajstić information content (AvgIpc) is 3.39. The second-order valence-electron chi connectivity index (χ2n) is 8.07. The van der Waals surface area contributed by atoms with Gasteiger partial charge in [-0.15, -0.1) is 0 Å². The van der Waals surface area contributed by atoms with Gasteiger partial charge in [-0.05, 0) is 48.5 Å². The van der Waals surface area contributed by atoms with Crippen LogP contribution in [0.15, 0.2) is 66.7 Å². The summed E-state index contributed by atoms with van der Waals surface area (Å²) in [7, 11) is 4.50. The van der Waals surface area contributed by atoms with Gasteiger partial charge in [0.2, 0.25) is 11.7 Å². The first-order chi connectivity index (χ1) is 17.0. The summed E-state index contributed by atoms with van der Waals surface area (Å²) < 4.78 is 30.1. The Labute approximate surface area is 201 Å². The third-order valence-corrected chi connectivity index (χ3v) is 6.26. The minimum atomic E-state index is -1.07. The van der Waals surface area contributed by atoms with Crippen LogP contribution in [0.2, 0.25) is 0 Å². The molecule has 2 aliphatic heterocycles. The maximum Gasteiger partial charge on any atom is 0.266 e. The number of carbonyl (C=O) groups excluding carboxylic acids is 2. The molecule has 3 aromatic carbocycles. The number of carbonyl (C=O) groups is 2. The molecule has 0 aromatic heterocycles. The summed E-state index contributed by atoms with van der Waals surface area (Å²) in [6, 6.07) is 17.2. The lowest BCUT2D eigenvalue weighted by molar-refractivity contribution is -0.126. The number of para-hydroxylation sites is 1. The van der Waals surface area contributed by atoms with Crippen molar-refractivity contribution < 1.29 is 33.0 Å². The van der Waals surface area contributed by atoms with E-state index in [9.17, 15) is 14.0 Å². The van der Waals surface area contributed by atoms with E-state index in [1.165, 1.54) is 45.6 Å². The highest BCUT2D eigenvalue weighted by Crippen LogP contribution is 2.52. The van der Waals surface area contributed by atoms with Gasteiger partial charge in [0.15, 0.2) is 17.6 Å². The van der Waals surface area contributed by atoms with Crippen LogP contribution < -0.4 is 24.2 Å². The predicted molar refractivity (Wildman–Crippen MR) is 125 cm³/mol. The van der Waals surface area contributed by atoms with Gasteiger partial charge in [-0.2, -0.15) is 0 Å². The van der Waals surface area contributed by atoms with Gasteiger partial charge in [0.25, 0.3) is 5.91 Å². The van der Waals surface area contributed by atoms with Gasteiger partial charge in [-0.25, -0.2) is 14.4 Å². The molecule has 0 aliphatic carbocycles. The van der Waals surface area contributed by atoms with Crippen LogP contribution in [-0.2, 0) is 14.4 Å². The van der Waals surface area contributed by atoms with E-state index in [1.54, 1.807) is 17.2 Å². The molecular formula is C26H23FN2O6. The van der Waals surface area contributed by atoms with E-state index >= 15 is 0 Å². The van der Waals surface area contributed by atoms with E-state index in [1.807, 2.05) is 30.3 Å². The number of anilines is 2. The number of benzene rings is 3. The Balaban J connectivity index is 1.65. The van der Waals surface area contributed by atoms with Crippen molar-refractivity contribution in [2.75, 3.05) is 31.3 Å². The fourth-order valence-corrected chi connectivity index (χ4v) is 4.73. The van der Waals surface area contributed by atoms with Crippen LogP contribution in [-0.4, -0.2) is 39.2 Å². The standard InChI is InChI=1S/C26H23FN2O6/c1-32-19-14-13-18(22(33-2)23(19)34-3)21-20-24(35-29(21)17-7-5-4-6-8-17)26(31)28(25(20)30)16-11-9-15(27)10-12-16/h4-14,20-21,24H,1-3H3. The second kappa shape index (κ2) is 8.92. The number of hydrogen-bond acceptors (Lipinski definition) is 7. The number of hydroxylamine groups is 1. The third kappa shape index (κ3) is 3.55. The third-order valence-electron chi connectivity index (χ3n) is 6.26. The number of ether oxygens (including phenoxy) is 3. The first-order valence-corrected chi connectivity index (χ1v) is 10.9. The highest BCUT2D eigenvalue weighted by atomic mass is 19.1. The summed E-state index contributed by atoms with van der Waals surface area (Å²) in [5.41, 5.74) is 1.53. The summed E-state index contributed by atoms with van der Waals surface area (Å²) >= 11 is 0. The van der Waals surface area contributed by atoms with Crippen molar-refractivity contribution in [2.45, 2.75) is 12.1 Å². The summed E-state index contributed by atoms with van der Waals surface area (Å²) in [6.07, 6.45) is -1.07. The lowest BCUT2D eigenvalue weighted by atomic mass is 9.89. The van der Waals surface area contributed by atoms with Crippen LogP contribution in [0.25, 0.3) is 0 Å². The number of amides is 2. The molecule has 0 bridgehead atoms. The van der Waals surface area contributed by atoms with Crippen molar-refractivity contribution in [2.24, 2.45) is 5.92 Å². The van der Waals surface area contributed by atoms with Gasteiger partial charge in [-0.3, -0.25) is 14.4 Å². The zero-order valence-corrected chi connectivity index (χ0v) is 19.3. The summed E-state index contributed by atoms with van der Waals surface area (Å²) in [5.74, 6) is -1.15. The van der Waals surface area contributed by atoms with E-state index in [4.69, 9.17) is 19.0 Å². The van der Waals surface area contributed by atoms with Gasteiger partial charge in [-0.1, -0.05) is 18.2 Å². The molecule has 2 heterocycles. The molecule has 0 N–H and O–H groups in total. The minimum absolute atomic E-state index is 0.281. The molecule has 2 aliphatic rings. The van der Waals surface area contributed by atoms with E-state index in [-0.39, 0.29) is 5.69 Å². The lowest BCUT2D eigenvalue weighted by Gasteiger charge is -2.30. The fourth-order valence-electron chi connectivity index (χ4n) is 4.73. The number of imide groups is 1. The van der Waals surface area contributed by atoms with Crippen LogP contribution in [0.4, 0.5) is 15.8 Å². The Hall–Kier alpha value is -4.11. The fraction of sp³-hybridized carbons (Fsp3) is 0.231. The Bertz CT molecular complexity index is 1270. The Morgan fingerprint density at radius 1 is 0.771 bits per heavy atom. The van der Waals surface area contributed by atoms with Gasteiger partial charge >= 0.3 is 0 Å². The molecule has 2 fully saturated rings. The molecule has 0 saturated carbocycles. The van der Waals surface area contributed by atoms with Crippen LogP contribution in [0.1, 0.15) is 11.6 Å². The molecule has 9 heteroatoms. The van der Waals surface area contributed by atoms with Crippen LogP contribution in [0.5, 0.6) is 17.2 Å². The smallest absolute Gasteiger partial charge is 0.266 e. The number of hydrogen-bond donors (Lipinski definition) is 0. The molecule has 0 spiro atoms.